The summed E-state index contributed by atoms with van der Waals surface area (Å²) in [5.41, 5.74) is 8.15. The van der Waals surface area contributed by atoms with E-state index >= 15 is 0 Å². The molecule has 2 aromatic rings. The highest BCUT2D eigenvalue weighted by molar-refractivity contribution is 6.32. The molecule has 1 fully saturated rings. The lowest BCUT2D eigenvalue weighted by Gasteiger charge is -2.30. The number of fused-ring (bicyclic) bond motifs is 1. The zero-order valence-electron chi connectivity index (χ0n) is 18.6. The zero-order chi connectivity index (χ0) is 23.2. The average molecular weight is 472 g/mol. The molecule has 0 saturated carbocycles. The predicted molar refractivity (Wildman–Crippen MR) is 128 cm³/mol. The summed E-state index contributed by atoms with van der Waals surface area (Å²) in [6.07, 6.45) is 3.60. The van der Waals surface area contributed by atoms with E-state index < -0.39 is 0 Å². The second kappa shape index (κ2) is 10.9. The van der Waals surface area contributed by atoms with E-state index in [9.17, 15) is 9.59 Å². The molecule has 4 rings (SSSR count). The van der Waals surface area contributed by atoms with Gasteiger partial charge in [0.2, 0.25) is 11.8 Å². The number of piperidine rings is 1. The van der Waals surface area contributed by atoms with Crippen LogP contribution in [0.2, 0.25) is 5.02 Å². The normalized spacial score (nSPS) is 16.8. The lowest BCUT2D eigenvalue weighted by atomic mass is 9.96. The Morgan fingerprint density at radius 2 is 1.79 bits per heavy atom. The van der Waals surface area contributed by atoms with Gasteiger partial charge < -0.3 is 25.4 Å². The molecular formula is C25H30ClN3O4. The van der Waals surface area contributed by atoms with Gasteiger partial charge in [0.25, 0.3) is 0 Å². The van der Waals surface area contributed by atoms with Crippen LogP contribution in [0.1, 0.15) is 30.4 Å². The Bertz CT molecular complexity index is 988. The largest absolute Gasteiger partial charge is 0.489 e. The number of hydrogen-bond donors (Lipinski definition) is 2. The molecule has 0 atom stereocenters. The maximum atomic E-state index is 12.6. The number of ether oxygens (including phenoxy) is 2. The van der Waals surface area contributed by atoms with Gasteiger partial charge >= 0.3 is 0 Å². The van der Waals surface area contributed by atoms with E-state index in [2.05, 4.69) is 10.2 Å². The van der Waals surface area contributed by atoms with Crippen LogP contribution in [0, 0.1) is 5.92 Å². The highest BCUT2D eigenvalue weighted by Gasteiger charge is 2.22. The standard InChI is InChI=1S/C25H30ClN3O4/c26-21-14-18(15-22-24(21)33-13-1-12-32-22)16-23(30)28-20-4-2-17(3-5-20)6-9-29-10-7-19(8-11-29)25(27)31/h2-5,14-15,19H,1,6-13,16H2,(H2,27,31)(H,28,30). The Morgan fingerprint density at radius 1 is 1.06 bits per heavy atom. The number of primary amides is 1. The maximum absolute atomic E-state index is 12.6. The third-order valence-corrected chi connectivity index (χ3v) is 6.45. The fraction of sp³-hybridized carbons (Fsp3) is 0.440. The van der Waals surface area contributed by atoms with E-state index in [-0.39, 0.29) is 24.2 Å². The molecule has 7 nitrogen and oxygen atoms in total. The lowest BCUT2D eigenvalue weighted by Crippen LogP contribution is -2.39. The van der Waals surface area contributed by atoms with E-state index in [1.165, 1.54) is 5.56 Å². The molecule has 0 radical (unpaired) electrons. The molecule has 0 bridgehead atoms. The molecule has 3 N–H and O–H groups in total. The summed E-state index contributed by atoms with van der Waals surface area (Å²) in [5.74, 6) is 0.856. The van der Waals surface area contributed by atoms with Crippen LogP contribution in [0.4, 0.5) is 5.69 Å². The summed E-state index contributed by atoms with van der Waals surface area (Å²) >= 11 is 6.33. The summed E-state index contributed by atoms with van der Waals surface area (Å²) in [6, 6.07) is 11.5. The van der Waals surface area contributed by atoms with Crippen molar-refractivity contribution in [2.75, 3.05) is 38.2 Å². The molecule has 2 aromatic carbocycles. The fourth-order valence-corrected chi connectivity index (χ4v) is 4.55. The Balaban J connectivity index is 1.26. The third-order valence-electron chi connectivity index (χ3n) is 6.17. The maximum Gasteiger partial charge on any atom is 0.228 e. The van der Waals surface area contributed by atoms with E-state index in [0.717, 1.165) is 56.6 Å². The van der Waals surface area contributed by atoms with Crippen LogP contribution in [-0.4, -0.2) is 49.6 Å². The number of nitrogens with one attached hydrogen (secondary N) is 1. The van der Waals surface area contributed by atoms with Gasteiger partial charge in [-0.2, -0.15) is 0 Å². The minimum Gasteiger partial charge on any atom is -0.489 e. The van der Waals surface area contributed by atoms with Crippen LogP contribution >= 0.6 is 11.6 Å². The molecule has 8 heteroatoms. The Labute approximate surface area is 199 Å². The van der Waals surface area contributed by atoms with Gasteiger partial charge in [0, 0.05) is 24.6 Å². The van der Waals surface area contributed by atoms with E-state index in [1.807, 2.05) is 30.3 Å². The van der Waals surface area contributed by atoms with E-state index in [0.29, 0.717) is 29.7 Å². The van der Waals surface area contributed by atoms with E-state index in [1.54, 1.807) is 6.07 Å². The number of rotatable bonds is 7. The molecule has 1 saturated heterocycles. The van der Waals surface area contributed by atoms with Gasteiger partial charge in [0.1, 0.15) is 0 Å². The van der Waals surface area contributed by atoms with Crippen LogP contribution in [0.3, 0.4) is 0 Å². The number of anilines is 1. The number of carbonyl (C=O) groups is 2. The van der Waals surface area contributed by atoms with Gasteiger partial charge in [-0.05, 0) is 67.7 Å². The molecule has 33 heavy (non-hydrogen) atoms. The molecule has 2 heterocycles. The number of amides is 2. The molecule has 176 valence electrons. The first-order chi connectivity index (χ1) is 16.0. The number of halogens is 1. The van der Waals surface area contributed by atoms with Crippen molar-refractivity contribution in [2.24, 2.45) is 11.7 Å². The average Bonchev–Trinajstić information content (AvgIpc) is 3.05. The highest BCUT2D eigenvalue weighted by atomic mass is 35.5. The van der Waals surface area contributed by atoms with Crippen molar-refractivity contribution >= 4 is 29.1 Å². The van der Waals surface area contributed by atoms with Crippen molar-refractivity contribution in [1.82, 2.24) is 4.90 Å². The second-order valence-electron chi connectivity index (χ2n) is 8.65. The summed E-state index contributed by atoms with van der Waals surface area (Å²) in [7, 11) is 0. The van der Waals surface area contributed by atoms with Crippen molar-refractivity contribution in [3.63, 3.8) is 0 Å². The van der Waals surface area contributed by atoms with Crippen LogP contribution in [-0.2, 0) is 22.4 Å². The number of benzene rings is 2. The first-order valence-electron chi connectivity index (χ1n) is 11.5. The van der Waals surface area contributed by atoms with Crippen LogP contribution in [0.25, 0.3) is 0 Å². The van der Waals surface area contributed by atoms with Gasteiger partial charge in [-0.25, -0.2) is 0 Å². The molecule has 0 unspecified atom stereocenters. The topological polar surface area (TPSA) is 93.9 Å². The van der Waals surface area contributed by atoms with Crippen molar-refractivity contribution in [3.8, 4) is 11.5 Å². The van der Waals surface area contributed by atoms with Crippen molar-refractivity contribution < 1.29 is 19.1 Å². The van der Waals surface area contributed by atoms with Gasteiger partial charge in [-0.15, -0.1) is 0 Å². The SMILES string of the molecule is NC(=O)C1CCN(CCc2ccc(NC(=O)Cc3cc(Cl)c4c(c3)OCCCO4)cc2)CC1. The molecule has 2 aliphatic heterocycles. The lowest BCUT2D eigenvalue weighted by molar-refractivity contribution is -0.123. The first-order valence-corrected chi connectivity index (χ1v) is 11.8. The molecule has 0 spiro atoms. The number of nitrogens with zero attached hydrogens (tertiary/aromatic N) is 1. The van der Waals surface area contributed by atoms with Gasteiger partial charge in [0.05, 0.1) is 24.7 Å². The third kappa shape index (κ3) is 6.39. The number of hydrogen-bond acceptors (Lipinski definition) is 5. The smallest absolute Gasteiger partial charge is 0.228 e. The Morgan fingerprint density at radius 3 is 2.52 bits per heavy atom. The van der Waals surface area contributed by atoms with Gasteiger partial charge in [0.15, 0.2) is 11.5 Å². The zero-order valence-corrected chi connectivity index (χ0v) is 19.4. The molecule has 0 aromatic heterocycles. The summed E-state index contributed by atoms with van der Waals surface area (Å²) in [6.45, 7) is 3.90. The molecule has 2 aliphatic rings. The number of carbonyl (C=O) groups excluding carboxylic acids is 2. The van der Waals surface area contributed by atoms with Gasteiger partial charge in [-0.3, -0.25) is 9.59 Å². The van der Waals surface area contributed by atoms with Crippen molar-refractivity contribution in [3.05, 3.63) is 52.5 Å². The molecular weight excluding hydrogens is 442 g/mol. The van der Waals surface area contributed by atoms with Crippen LogP contribution in [0.15, 0.2) is 36.4 Å². The summed E-state index contributed by atoms with van der Waals surface area (Å²) in [5, 5.41) is 3.40. The monoisotopic (exact) mass is 471 g/mol. The highest BCUT2D eigenvalue weighted by Crippen LogP contribution is 2.38. The second-order valence-corrected chi connectivity index (χ2v) is 9.05. The molecule has 2 amide bonds. The van der Waals surface area contributed by atoms with Gasteiger partial charge in [-0.1, -0.05) is 23.7 Å². The Hall–Kier alpha value is -2.77. The summed E-state index contributed by atoms with van der Waals surface area (Å²) in [4.78, 5) is 26.2. The molecule has 0 aliphatic carbocycles. The fourth-order valence-electron chi connectivity index (χ4n) is 4.26. The quantitative estimate of drug-likeness (QED) is 0.645. The van der Waals surface area contributed by atoms with Crippen LogP contribution in [0.5, 0.6) is 11.5 Å². The van der Waals surface area contributed by atoms with Crippen molar-refractivity contribution in [2.45, 2.75) is 32.1 Å². The van der Waals surface area contributed by atoms with E-state index in [4.69, 9.17) is 26.8 Å². The predicted octanol–water partition coefficient (Wildman–Crippen LogP) is 3.42. The van der Waals surface area contributed by atoms with Crippen molar-refractivity contribution in [1.29, 1.82) is 0 Å². The first kappa shape index (κ1) is 23.4. The Kier molecular flexibility index (Phi) is 7.73. The minimum absolute atomic E-state index is 0.0202. The number of likely N-dealkylation sites (tertiary alicyclic amines) is 1. The minimum atomic E-state index is -0.181. The summed E-state index contributed by atoms with van der Waals surface area (Å²) < 4.78 is 11.3. The van der Waals surface area contributed by atoms with Crippen LogP contribution < -0.4 is 20.5 Å². The number of nitrogens with two attached hydrogens (primary N) is 1.